The van der Waals surface area contributed by atoms with Crippen LogP contribution in [0.25, 0.3) is 0 Å². The standard InChI is InChI=1S/C15H21BrN2O2/c1-11-4-2-6-13(14(11)16)8-17-15(20)18-7-3-5-12(9-18)10-19/h2,4,6,12,19H,3,5,7-10H2,1H3,(H,17,20)/t12-/m0/s1. The zero-order valence-electron chi connectivity index (χ0n) is 11.7. The van der Waals surface area contributed by atoms with Gasteiger partial charge in [-0.15, -0.1) is 0 Å². The minimum Gasteiger partial charge on any atom is -0.396 e. The van der Waals surface area contributed by atoms with Gasteiger partial charge in [0.25, 0.3) is 0 Å². The molecule has 0 spiro atoms. The van der Waals surface area contributed by atoms with E-state index < -0.39 is 0 Å². The molecule has 0 radical (unpaired) electrons. The first-order valence-corrected chi connectivity index (χ1v) is 7.78. The fourth-order valence-corrected chi connectivity index (χ4v) is 2.93. The summed E-state index contributed by atoms with van der Waals surface area (Å²) in [5.74, 6) is 0.222. The van der Waals surface area contributed by atoms with E-state index in [2.05, 4.69) is 21.2 Å². The Morgan fingerprint density at radius 2 is 2.35 bits per heavy atom. The number of halogens is 1. The lowest BCUT2D eigenvalue weighted by Gasteiger charge is -2.31. The second-order valence-electron chi connectivity index (χ2n) is 5.34. The predicted molar refractivity (Wildman–Crippen MR) is 82.5 cm³/mol. The number of aliphatic hydroxyl groups is 1. The van der Waals surface area contributed by atoms with Gasteiger partial charge in [0, 0.05) is 30.7 Å². The van der Waals surface area contributed by atoms with Crippen molar-refractivity contribution in [2.45, 2.75) is 26.3 Å². The second-order valence-corrected chi connectivity index (χ2v) is 6.14. The van der Waals surface area contributed by atoms with E-state index in [-0.39, 0.29) is 18.6 Å². The third-order valence-electron chi connectivity index (χ3n) is 3.77. The SMILES string of the molecule is Cc1cccc(CNC(=O)N2CCC[C@H](CO)C2)c1Br. The quantitative estimate of drug-likeness (QED) is 0.888. The molecule has 20 heavy (non-hydrogen) atoms. The molecule has 110 valence electrons. The summed E-state index contributed by atoms with van der Waals surface area (Å²) in [5.41, 5.74) is 2.24. The zero-order chi connectivity index (χ0) is 14.5. The van der Waals surface area contributed by atoms with Crippen molar-refractivity contribution in [2.24, 2.45) is 5.92 Å². The van der Waals surface area contributed by atoms with Crippen molar-refractivity contribution < 1.29 is 9.90 Å². The Balaban J connectivity index is 1.90. The number of nitrogens with zero attached hydrogens (tertiary/aromatic N) is 1. The molecule has 4 nitrogen and oxygen atoms in total. The third kappa shape index (κ3) is 3.73. The Bertz CT molecular complexity index is 479. The van der Waals surface area contributed by atoms with Crippen molar-refractivity contribution in [1.29, 1.82) is 0 Å². The molecule has 1 fully saturated rings. The number of aliphatic hydroxyl groups excluding tert-OH is 1. The number of likely N-dealkylation sites (tertiary alicyclic amines) is 1. The van der Waals surface area contributed by atoms with Gasteiger partial charge < -0.3 is 15.3 Å². The number of benzene rings is 1. The lowest BCUT2D eigenvalue weighted by atomic mass is 9.99. The van der Waals surface area contributed by atoms with Crippen LogP contribution in [0.5, 0.6) is 0 Å². The maximum Gasteiger partial charge on any atom is 0.317 e. The number of rotatable bonds is 3. The summed E-state index contributed by atoms with van der Waals surface area (Å²) in [4.78, 5) is 13.9. The number of amides is 2. The van der Waals surface area contributed by atoms with Crippen LogP contribution in [0, 0.1) is 12.8 Å². The van der Waals surface area contributed by atoms with E-state index in [0.29, 0.717) is 13.1 Å². The smallest absolute Gasteiger partial charge is 0.317 e. The lowest BCUT2D eigenvalue weighted by molar-refractivity contribution is 0.129. The molecule has 1 heterocycles. The Morgan fingerprint density at radius 3 is 3.10 bits per heavy atom. The predicted octanol–water partition coefficient (Wildman–Crippen LogP) is 2.67. The third-order valence-corrected chi connectivity index (χ3v) is 4.90. The molecule has 0 saturated carbocycles. The van der Waals surface area contributed by atoms with Gasteiger partial charge in [-0.25, -0.2) is 4.79 Å². The van der Waals surface area contributed by atoms with E-state index in [1.54, 1.807) is 4.90 Å². The van der Waals surface area contributed by atoms with E-state index in [1.165, 1.54) is 0 Å². The van der Waals surface area contributed by atoms with Crippen molar-refractivity contribution >= 4 is 22.0 Å². The van der Waals surface area contributed by atoms with Gasteiger partial charge in [0.05, 0.1) is 0 Å². The number of hydrogen-bond donors (Lipinski definition) is 2. The van der Waals surface area contributed by atoms with E-state index in [1.807, 2.05) is 25.1 Å². The number of hydrogen-bond acceptors (Lipinski definition) is 2. The average Bonchev–Trinajstić information content (AvgIpc) is 2.48. The Kier molecular flexibility index (Phi) is 5.43. The number of urea groups is 1. The molecule has 2 N–H and O–H groups in total. The Hall–Kier alpha value is -1.07. The summed E-state index contributed by atoms with van der Waals surface area (Å²) in [6, 6.07) is 5.98. The normalized spacial score (nSPS) is 18.9. The van der Waals surface area contributed by atoms with Gasteiger partial charge in [-0.1, -0.05) is 34.1 Å². The van der Waals surface area contributed by atoms with Crippen molar-refractivity contribution in [3.8, 4) is 0 Å². The summed E-state index contributed by atoms with van der Waals surface area (Å²) >= 11 is 3.55. The molecule has 0 aliphatic carbocycles. The van der Waals surface area contributed by atoms with Crippen LogP contribution in [-0.2, 0) is 6.54 Å². The highest BCUT2D eigenvalue weighted by Gasteiger charge is 2.22. The number of aryl methyl sites for hydroxylation is 1. The lowest BCUT2D eigenvalue weighted by Crippen LogP contribution is -2.45. The van der Waals surface area contributed by atoms with Crippen molar-refractivity contribution in [3.63, 3.8) is 0 Å². The fraction of sp³-hybridized carbons (Fsp3) is 0.533. The molecule has 0 unspecified atom stereocenters. The highest BCUT2D eigenvalue weighted by Crippen LogP contribution is 2.21. The summed E-state index contributed by atoms with van der Waals surface area (Å²) in [6.07, 6.45) is 1.97. The summed E-state index contributed by atoms with van der Waals surface area (Å²) in [6.45, 7) is 4.13. The largest absolute Gasteiger partial charge is 0.396 e. The molecule has 1 aliphatic rings. The fourth-order valence-electron chi connectivity index (χ4n) is 2.53. The van der Waals surface area contributed by atoms with Crippen molar-refractivity contribution in [3.05, 3.63) is 33.8 Å². The van der Waals surface area contributed by atoms with Crippen LogP contribution in [0.2, 0.25) is 0 Å². The van der Waals surface area contributed by atoms with Crippen molar-refractivity contribution in [1.82, 2.24) is 10.2 Å². The Morgan fingerprint density at radius 1 is 1.55 bits per heavy atom. The maximum atomic E-state index is 12.1. The number of carbonyl (C=O) groups excluding carboxylic acids is 1. The van der Waals surface area contributed by atoms with Crippen LogP contribution in [-0.4, -0.2) is 35.7 Å². The minimum atomic E-state index is -0.0449. The average molecular weight is 341 g/mol. The molecule has 1 atom stereocenters. The van der Waals surface area contributed by atoms with Gasteiger partial charge >= 0.3 is 6.03 Å². The first-order valence-electron chi connectivity index (χ1n) is 6.99. The zero-order valence-corrected chi connectivity index (χ0v) is 13.3. The molecule has 1 aliphatic heterocycles. The van der Waals surface area contributed by atoms with Crippen LogP contribution in [0.1, 0.15) is 24.0 Å². The molecule has 0 bridgehead atoms. The number of piperidine rings is 1. The molecule has 0 aromatic heterocycles. The van der Waals surface area contributed by atoms with E-state index in [0.717, 1.165) is 35.0 Å². The molecule has 5 heteroatoms. The minimum absolute atomic E-state index is 0.0449. The molecule has 1 aromatic rings. The molecule has 1 saturated heterocycles. The second kappa shape index (κ2) is 7.09. The molecule has 1 aromatic carbocycles. The van der Waals surface area contributed by atoms with Gasteiger partial charge in [0.1, 0.15) is 0 Å². The number of nitrogens with one attached hydrogen (secondary N) is 1. The van der Waals surface area contributed by atoms with E-state index in [4.69, 9.17) is 0 Å². The number of carbonyl (C=O) groups is 1. The topological polar surface area (TPSA) is 52.6 Å². The van der Waals surface area contributed by atoms with E-state index in [9.17, 15) is 9.90 Å². The molecule has 2 rings (SSSR count). The van der Waals surface area contributed by atoms with Crippen LogP contribution in [0.3, 0.4) is 0 Å². The van der Waals surface area contributed by atoms with Gasteiger partial charge in [-0.2, -0.15) is 0 Å². The summed E-state index contributed by atoms with van der Waals surface area (Å²) in [5, 5.41) is 12.2. The molecular weight excluding hydrogens is 320 g/mol. The Labute approximate surface area is 128 Å². The molecular formula is C15H21BrN2O2. The summed E-state index contributed by atoms with van der Waals surface area (Å²) < 4.78 is 1.05. The van der Waals surface area contributed by atoms with Gasteiger partial charge in [0.2, 0.25) is 0 Å². The van der Waals surface area contributed by atoms with E-state index >= 15 is 0 Å². The first-order chi connectivity index (χ1) is 9.61. The first kappa shape index (κ1) is 15.3. The maximum absolute atomic E-state index is 12.1. The van der Waals surface area contributed by atoms with Crippen LogP contribution in [0.4, 0.5) is 4.79 Å². The highest BCUT2D eigenvalue weighted by molar-refractivity contribution is 9.10. The van der Waals surface area contributed by atoms with Crippen LogP contribution in [0.15, 0.2) is 22.7 Å². The van der Waals surface area contributed by atoms with Gasteiger partial charge in [0.15, 0.2) is 0 Å². The van der Waals surface area contributed by atoms with Gasteiger partial charge in [-0.05, 0) is 36.8 Å². The van der Waals surface area contributed by atoms with Crippen LogP contribution >= 0.6 is 15.9 Å². The monoisotopic (exact) mass is 340 g/mol. The highest BCUT2D eigenvalue weighted by atomic mass is 79.9. The summed E-state index contributed by atoms with van der Waals surface area (Å²) in [7, 11) is 0. The van der Waals surface area contributed by atoms with Crippen molar-refractivity contribution in [2.75, 3.05) is 19.7 Å². The van der Waals surface area contributed by atoms with Crippen LogP contribution < -0.4 is 5.32 Å². The van der Waals surface area contributed by atoms with Gasteiger partial charge in [-0.3, -0.25) is 0 Å². The molecule has 2 amide bonds.